The lowest BCUT2D eigenvalue weighted by molar-refractivity contribution is -0.141. The zero-order valence-electron chi connectivity index (χ0n) is 12.7. The Morgan fingerprint density at radius 2 is 1.26 bits per heavy atom. The van der Waals surface area contributed by atoms with Crippen LogP contribution in [0.3, 0.4) is 0 Å². The van der Waals surface area contributed by atoms with Crippen LogP contribution in [0.5, 0.6) is 0 Å². The summed E-state index contributed by atoms with van der Waals surface area (Å²) in [5.41, 5.74) is 0. The second-order valence-corrected chi connectivity index (χ2v) is 5.70. The lowest BCUT2D eigenvalue weighted by Gasteiger charge is -2.21. The molecule has 1 aliphatic rings. The molecule has 0 bridgehead atoms. The van der Waals surface area contributed by atoms with Crippen LogP contribution in [0, 0.1) is 0 Å². The van der Waals surface area contributed by atoms with Crippen LogP contribution in [0.4, 0.5) is 0 Å². The lowest BCUT2D eigenvalue weighted by Crippen LogP contribution is -2.29. The highest BCUT2D eigenvalue weighted by molar-refractivity contribution is 5.69. The summed E-state index contributed by atoms with van der Waals surface area (Å²) in [5, 5.41) is 0. The monoisotopic (exact) mass is 269 g/mol. The van der Waals surface area contributed by atoms with E-state index < -0.39 is 0 Å². The Morgan fingerprint density at radius 1 is 0.842 bits per heavy atom. The Hall–Kier alpha value is -0.570. The van der Waals surface area contributed by atoms with Gasteiger partial charge in [-0.25, -0.2) is 0 Å². The summed E-state index contributed by atoms with van der Waals surface area (Å²) >= 11 is 0. The second kappa shape index (κ2) is 11.3. The first-order chi connectivity index (χ1) is 9.33. The van der Waals surface area contributed by atoms with Gasteiger partial charge in [0.2, 0.25) is 0 Å². The molecule has 0 unspecified atom stereocenters. The van der Waals surface area contributed by atoms with Gasteiger partial charge in [-0.3, -0.25) is 4.79 Å². The molecule has 0 radical (unpaired) electrons. The summed E-state index contributed by atoms with van der Waals surface area (Å²) in [6.07, 6.45) is 14.2. The van der Waals surface area contributed by atoms with Gasteiger partial charge in [0, 0.05) is 6.54 Å². The van der Waals surface area contributed by atoms with Gasteiger partial charge in [0.15, 0.2) is 0 Å². The van der Waals surface area contributed by atoms with Crippen molar-refractivity contribution in [2.75, 3.05) is 26.7 Å². The predicted octanol–water partition coefficient (Wildman–Crippen LogP) is 3.77. The van der Waals surface area contributed by atoms with Crippen LogP contribution >= 0.6 is 0 Å². The van der Waals surface area contributed by atoms with Crippen molar-refractivity contribution in [1.29, 1.82) is 0 Å². The van der Waals surface area contributed by atoms with Crippen molar-refractivity contribution in [3.63, 3.8) is 0 Å². The maximum Gasteiger partial charge on any atom is 0.306 e. The molecule has 0 aromatic carbocycles. The highest BCUT2D eigenvalue weighted by Gasteiger charge is 2.08. The summed E-state index contributed by atoms with van der Waals surface area (Å²) in [6, 6.07) is 0. The summed E-state index contributed by atoms with van der Waals surface area (Å²) in [7, 11) is 1.47. The van der Waals surface area contributed by atoms with E-state index in [4.69, 9.17) is 4.74 Å². The fourth-order valence-electron chi connectivity index (χ4n) is 2.77. The number of hydrogen-bond donors (Lipinski definition) is 0. The number of ether oxygens (including phenoxy) is 1. The van der Waals surface area contributed by atoms with E-state index in [-0.39, 0.29) is 5.97 Å². The fraction of sp³-hybridized carbons (Fsp3) is 0.938. The first-order valence-electron chi connectivity index (χ1n) is 8.12. The molecular weight excluding hydrogens is 238 g/mol. The normalized spacial score (nSPS) is 20.9. The first-order valence-corrected chi connectivity index (χ1v) is 8.12. The van der Waals surface area contributed by atoms with Crippen LogP contribution < -0.4 is 0 Å². The van der Waals surface area contributed by atoms with Crippen LogP contribution in [-0.2, 0) is 9.53 Å². The number of nitrogens with zero attached hydrogens (tertiary/aromatic N) is 1. The van der Waals surface area contributed by atoms with Crippen molar-refractivity contribution >= 4 is 5.97 Å². The average Bonchev–Trinajstić information content (AvgIpc) is 2.46. The molecule has 19 heavy (non-hydrogen) atoms. The van der Waals surface area contributed by atoms with Crippen LogP contribution in [0.15, 0.2) is 0 Å². The minimum atomic E-state index is -0.0806. The van der Waals surface area contributed by atoms with Crippen molar-refractivity contribution in [2.24, 2.45) is 0 Å². The minimum absolute atomic E-state index is 0.0806. The number of hydrogen-bond acceptors (Lipinski definition) is 3. The Kier molecular flexibility index (Phi) is 9.78. The largest absolute Gasteiger partial charge is 0.469 e. The van der Waals surface area contributed by atoms with Gasteiger partial charge in [-0.05, 0) is 25.9 Å². The van der Waals surface area contributed by atoms with Gasteiger partial charge in [0.1, 0.15) is 0 Å². The van der Waals surface area contributed by atoms with E-state index in [0.29, 0.717) is 6.42 Å². The summed E-state index contributed by atoms with van der Waals surface area (Å²) in [4.78, 5) is 13.7. The third-order valence-corrected chi connectivity index (χ3v) is 4.06. The van der Waals surface area contributed by atoms with Gasteiger partial charge in [-0.1, -0.05) is 51.4 Å². The Morgan fingerprint density at radius 3 is 1.68 bits per heavy atom. The Labute approximate surface area is 118 Å². The molecule has 0 N–H and O–H groups in total. The number of rotatable bonds is 3. The van der Waals surface area contributed by atoms with Crippen LogP contribution in [0.25, 0.3) is 0 Å². The number of carbonyl (C=O) groups excluding carboxylic acids is 1. The van der Waals surface area contributed by atoms with E-state index in [0.717, 1.165) is 19.6 Å². The maximum absolute atomic E-state index is 11.2. The van der Waals surface area contributed by atoms with Crippen molar-refractivity contribution in [1.82, 2.24) is 4.90 Å². The number of methoxy groups -OCH3 is 1. The third kappa shape index (κ3) is 9.04. The van der Waals surface area contributed by atoms with Crippen molar-refractivity contribution in [3.8, 4) is 0 Å². The zero-order valence-corrected chi connectivity index (χ0v) is 12.7. The molecule has 112 valence electrons. The van der Waals surface area contributed by atoms with Gasteiger partial charge in [0.25, 0.3) is 0 Å². The minimum Gasteiger partial charge on any atom is -0.469 e. The molecule has 0 spiro atoms. The quantitative estimate of drug-likeness (QED) is 0.731. The van der Waals surface area contributed by atoms with E-state index in [2.05, 4.69) is 4.90 Å². The molecule has 1 aliphatic heterocycles. The smallest absolute Gasteiger partial charge is 0.306 e. The molecule has 0 atom stereocenters. The summed E-state index contributed by atoms with van der Waals surface area (Å²) < 4.78 is 4.73. The van der Waals surface area contributed by atoms with Crippen molar-refractivity contribution in [3.05, 3.63) is 0 Å². The molecule has 3 nitrogen and oxygen atoms in total. The van der Waals surface area contributed by atoms with Gasteiger partial charge in [-0.2, -0.15) is 0 Å². The van der Waals surface area contributed by atoms with E-state index in [1.165, 1.54) is 71.3 Å². The van der Waals surface area contributed by atoms with Crippen molar-refractivity contribution in [2.45, 2.75) is 70.6 Å². The highest BCUT2D eigenvalue weighted by Crippen LogP contribution is 2.13. The van der Waals surface area contributed by atoms with Gasteiger partial charge >= 0.3 is 5.97 Å². The molecule has 0 aromatic rings. The molecule has 3 heteroatoms. The fourth-order valence-corrected chi connectivity index (χ4v) is 2.77. The molecule has 1 heterocycles. The first kappa shape index (κ1) is 16.5. The lowest BCUT2D eigenvalue weighted by atomic mass is 10.1. The summed E-state index contributed by atoms with van der Waals surface area (Å²) in [6.45, 7) is 3.17. The maximum atomic E-state index is 11.2. The topological polar surface area (TPSA) is 29.5 Å². The molecular formula is C16H31NO2. The van der Waals surface area contributed by atoms with Crippen LogP contribution in [0.2, 0.25) is 0 Å². The van der Waals surface area contributed by atoms with Gasteiger partial charge in [0.05, 0.1) is 13.5 Å². The van der Waals surface area contributed by atoms with Crippen molar-refractivity contribution < 1.29 is 9.53 Å². The standard InChI is InChI=1S/C16H31NO2/c1-19-16(18)12-15-17-13-10-8-6-4-2-3-5-7-9-11-14-17/h2-15H2,1H3. The molecule has 0 amide bonds. The zero-order chi connectivity index (χ0) is 13.8. The predicted molar refractivity (Wildman–Crippen MR) is 79.2 cm³/mol. The molecule has 1 rings (SSSR count). The van der Waals surface area contributed by atoms with Crippen LogP contribution in [0.1, 0.15) is 70.6 Å². The van der Waals surface area contributed by atoms with Crippen LogP contribution in [-0.4, -0.2) is 37.6 Å². The Bertz CT molecular complexity index is 217. The molecule has 1 fully saturated rings. The molecule has 0 aliphatic carbocycles. The summed E-state index contributed by atoms with van der Waals surface area (Å²) in [5.74, 6) is -0.0806. The molecule has 0 saturated carbocycles. The van der Waals surface area contributed by atoms with E-state index in [1.807, 2.05) is 0 Å². The van der Waals surface area contributed by atoms with E-state index in [1.54, 1.807) is 0 Å². The van der Waals surface area contributed by atoms with E-state index in [9.17, 15) is 4.79 Å². The number of esters is 1. The highest BCUT2D eigenvalue weighted by atomic mass is 16.5. The van der Waals surface area contributed by atoms with E-state index >= 15 is 0 Å². The second-order valence-electron chi connectivity index (χ2n) is 5.70. The molecule has 0 aromatic heterocycles. The number of carbonyl (C=O) groups is 1. The SMILES string of the molecule is COC(=O)CCN1CCCCCCCCCCCC1. The average molecular weight is 269 g/mol. The van der Waals surface area contributed by atoms with Gasteiger partial charge < -0.3 is 9.64 Å². The Balaban J connectivity index is 2.26. The van der Waals surface area contributed by atoms with Gasteiger partial charge in [-0.15, -0.1) is 0 Å². The third-order valence-electron chi connectivity index (χ3n) is 4.06. The molecule has 1 saturated heterocycles.